The fourth-order valence-corrected chi connectivity index (χ4v) is 5.60. The first-order valence-electron chi connectivity index (χ1n) is 14.2. The predicted molar refractivity (Wildman–Crippen MR) is 164 cm³/mol. The monoisotopic (exact) mass is 562 g/mol. The molecule has 1 saturated heterocycles. The molecule has 214 valence electrons. The van der Waals surface area contributed by atoms with Crippen molar-refractivity contribution in [2.45, 2.75) is 44.8 Å². The Labute approximate surface area is 244 Å². The van der Waals surface area contributed by atoms with E-state index in [0.717, 1.165) is 54.6 Å². The summed E-state index contributed by atoms with van der Waals surface area (Å²) >= 11 is 0. The predicted octanol–water partition coefficient (Wildman–Crippen LogP) is 5.02. The summed E-state index contributed by atoms with van der Waals surface area (Å²) in [7, 11) is 0. The number of anilines is 2. The lowest BCUT2D eigenvalue weighted by Crippen LogP contribution is -2.50. The van der Waals surface area contributed by atoms with Gasteiger partial charge in [0.25, 0.3) is 11.8 Å². The van der Waals surface area contributed by atoms with Gasteiger partial charge in [-0.15, -0.1) is 0 Å². The lowest BCUT2D eigenvalue weighted by Gasteiger charge is -2.43. The van der Waals surface area contributed by atoms with Gasteiger partial charge >= 0.3 is 0 Å². The van der Waals surface area contributed by atoms with Gasteiger partial charge in [0.2, 0.25) is 0 Å². The van der Waals surface area contributed by atoms with Crippen LogP contribution in [0.1, 0.15) is 42.2 Å². The van der Waals surface area contributed by atoms with Crippen LogP contribution in [0.2, 0.25) is 0 Å². The van der Waals surface area contributed by atoms with Gasteiger partial charge in [0.1, 0.15) is 0 Å². The number of aliphatic hydroxyl groups is 1. The number of fused-ring (bicyclic) bond motifs is 1. The highest BCUT2D eigenvalue weighted by Crippen LogP contribution is 2.31. The van der Waals surface area contributed by atoms with Crippen LogP contribution in [-0.2, 0) is 4.79 Å². The number of amides is 2. The second-order valence-corrected chi connectivity index (χ2v) is 11.2. The Morgan fingerprint density at radius 2 is 1.71 bits per heavy atom. The van der Waals surface area contributed by atoms with Crippen LogP contribution in [0.3, 0.4) is 0 Å². The average Bonchev–Trinajstić information content (AvgIpc) is 3.41. The quantitative estimate of drug-likeness (QED) is 0.304. The van der Waals surface area contributed by atoms with Crippen molar-refractivity contribution in [2.24, 2.45) is 0 Å². The Kier molecular flexibility index (Phi) is 7.45. The number of nitrogens with one attached hydrogen (secondary N) is 2. The van der Waals surface area contributed by atoms with Crippen LogP contribution in [0.25, 0.3) is 16.6 Å². The van der Waals surface area contributed by atoms with Crippen LogP contribution in [0.4, 0.5) is 11.4 Å². The number of benzene rings is 2. The van der Waals surface area contributed by atoms with E-state index in [0.29, 0.717) is 22.5 Å². The van der Waals surface area contributed by atoms with Crippen LogP contribution in [0.5, 0.6) is 0 Å². The number of hydrogen-bond acceptors (Lipinski definition) is 6. The Hall–Kier alpha value is -4.60. The number of aromatic nitrogens is 3. The van der Waals surface area contributed by atoms with E-state index in [4.69, 9.17) is 0 Å². The number of pyridine rings is 1. The summed E-state index contributed by atoms with van der Waals surface area (Å²) < 4.78 is 1.82. The minimum Gasteiger partial charge on any atom is -0.393 e. The molecule has 3 N–H and O–H groups in total. The summed E-state index contributed by atoms with van der Waals surface area (Å²) in [5.41, 5.74) is 4.98. The number of likely N-dealkylation sites (tertiary alicyclic amines) is 1. The first-order valence-corrected chi connectivity index (χ1v) is 14.2. The van der Waals surface area contributed by atoms with Crippen LogP contribution in [0.15, 0.2) is 90.8 Å². The molecule has 4 aromatic rings. The maximum atomic E-state index is 13.0. The minimum absolute atomic E-state index is 0.139. The van der Waals surface area contributed by atoms with Crippen molar-refractivity contribution in [2.75, 3.05) is 23.7 Å². The summed E-state index contributed by atoms with van der Waals surface area (Å²) in [6.45, 7) is 5.75. The Morgan fingerprint density at radius 3 is 2.43 bits per heavy atom. The molecule has 2 aromatic carbocycles. The van der Waals surface area contributed by atoms with Gasteiger partial charge in [-0.05, 0) is 87.7 Å². The van der Waals surface area contributed by atoms with Crippen molar-refractivity contribution < 1.29 is 14.7 Å². The zero-order chi connectivity index (χ0) is 29.3. The molecule has 0 saturated carbocycles. The zero-order valence-corrected chi connectivity index (χ0v) is 23.7. The van der Waals surface area contributed by atoms with Gasteiger partial charge in [0.15, 0.2) is 0 Å². The van der Waals surface area contributed by atoms with Crippen molar-refractivity contribution in [3.8, 4) is 5.69 Å². The van der Waals surface area contributed by atoms with Gasteiger partial charge < -0.3 is 15.7 Å². The lowest BCUT2D eigenvalue weighted by atomic mass is 9.86. The lowest BCUT2D eigenvalue weighted by molar-refractivity contribution is -0.112. The Bertz CT molecular complexity index is 1700. The Balaban J connectivity index is 1.10. The highest BCUT2D eigenvalue weighted by Gasteiger charge is 2.33. The van der Waals surface area contributed by atoms with Gasteiger partial charge in [-0.3, -0.25) is 19.5 Å². The molecule has 1 fully saturated rings. The number of aliphatic hydroxyl groups excluding tert-OH is 1. The SMILES string of the molecule is Cc1cc(C(=O)Nc2ccc(-n3ncc4cc(NC(=O)C5=CCC(C)(N6CCC(O)CC6)C=C5)ccc43)cc2)ccn1. The molecule has 0 bridgehead atoms. The highest BCUT2D eigenvalue weighted by atomic mass is 16.3. The molecule has 2 aliphatic rings. The molecular formula is C33H34N6O3. The third-order valence-electron chi connectivity index (χ3n) is 8.16. The standard InChI is InChI=1S/C33H34N6O3/c1-22-19-24(11-16-34-22)32(42)36-26-3-6-28(7-4-26)39-30-8-5-27(20-25(30)21-35-39)37-31(41)23-9-14-33(2,15-10-23)38-17-12-29(40)13-18-38/h3-11,14,16,19-21,29,40H,12-13,15,17-18H2,1-2H3,(H,36,42)(H,37,41). The van der Waals surface area contributed by atoms with E-state index in [9.17, 15) is 14.7 Å². The molecule has 1 unspecified atom stereocenters. The first-order chi connectivity index (χ1) is 20.3. The fourth-order valence-electron chi connectivity index (χ4n) is 5.60. The minimum atomic E-state index is -0.207. The van der Waals surface area contributed by atoms with Crippen molar-refractivity contribution in [3.63, 3.8) is 0 Å². The third kappa shape index (κ3) is 5.74. The molecule has 3 heterocycles. The molecule has 1 aliphatic carbocycles. The molecule has 0 spiro atoms. The van der Waals surface area contributed by atoms with Crippen LogP contribution in [-0.4, -0.2) is 61.3 Å². The average molecular weight is 563 g/mol. The smallest absolute Gasteiger partial charge is 0.255 e. The summed E-state index contributed by atoms with van der Waals surface area (Å²) in [4.78, 5) is 32.1. The molecular weight excluding hydrogens is 528 g/mol. The van der Waals surface area contributed by atoms with Crippen LogP contribution >= 0.6 is 0 Å². The summed E-state index contributed by atoms with van der Waals surface area (Å²) in [6, 6.07) is 16.6. The van der Waals surface area contributed by atoms with E-state index in [2.05, 4.69) is 38.6 Å². The highest BCUT2D eigenvalue weighted by molar-refractivity contribution is 6.07. The van der Waals surface area contributed by atoms with Crippen LogP contribution < -0.4 is 10.6 Å². The van der Waals surface area contributed by atoms with E-state index in [1.807, 2.05) is 66.2 Å². The second kappa shape index (κ2) is 11.3. The number of carbonyl (C=O) groups excluding carboxylic acids is 2. The van der Waals surface area contributed by atoms with Crippen molar-refractivity contribution in [1.29, 1.82) is 0 Å². The largest absolute Gasteiger partial charge is 0.393 e. The molecule has 2 amide bonds. The van der Waals surface area contributed by atoms with Gasteiger partial charge in [-0.1, -0.05) is 18.2 Å². The number of piperidine rings is 1. The van der Waals surface area contributed by atoms with E-state index in [1.165, 1.54) is 0 Å². The van der Waals surface area contributed by atoms with E-state index >= 15 is 0 Å². The maximum Gasteiger partial charge on any atom is 0.255 e. The molecule has 0 radical (unpaired) electrons. The summed E-state index contributed by atoms with van der Waals surface area (Å²) in [5, 5.41) is 21.2. The van der Waals surface area contributed by atoms with Crippen LogP contribution in [0, 0.1) is 6.92 Å². The van der Waals surface area contributed by atoms with Crippen molar-refractivity contribution in [1.82, 2.24) is 19.7 Å². The molecule has 1 aliphatic heterocycles. The van der Waals surface area contributed by atoms with Gasteiger partial charge in [-0.2, -0.15) is 5.10 Å². The molecule has 9 heteroatoms. The van der Waals surface area contributed by atoms with E-state index < -0.39 is 0 Å². The molecule has 1 atom stereocenters. The number of hydrogen-bond donors (Lipinski definition) is 3. The molecule has 9 nitrogen and oxygen atoms in total. The van der Waals surface area contributed by atoms with Gasteiger partial charge in [0, 0.05) is 58.4 Å². The summed E-state index contributed by atoms with van der Waals surface area (Å²) in [5.74, 6) is -0.336. The zero-order valence-electron chi connectivity index (χ0n) is 23.7. The number of rotatable bonds is 6. The third-order valence-corrected chi connectivity index (χ3v) is 8.16. The number of nitrogens with zero attached hydrogens (tertiary/aromatic N) is 4. The van der Waals surface area contributed by atoms with E-state index in [-0.39, 0.29) is 23.5 Å². The van der Waals surface area contributed by atoms with Crippen molar-refractivity contribution >= 4 is 34.1 Å². The van der Waals surface area contributed by atoms with Gasteiger partial charge in [0.05, 0.1) is 23.5 Å². The topological polar surface area (TPSA) is 112 Å². The molecule has 6 rings (SSSR count). The second-order valence-electron chi connectivity index (χ2n) is 11.2. The number of carbonyl (C=O) groups is 2. The van der Waals surface area contributed by atoms with Gasteiger partial charge in [-0.25, -0.2) is 4.68 Å². The fraction of sp³-hybridized carbons (Fsp3) is 0.273. The van der Waals surface area contributed by atoms with Crippen molar-refractivity contribution in [3.05, 3.63) is 102 Å². The molecule has 42 heavy (non-hydrogen) atoms. The Morgan fingerprint density at radius 1 is 0.976 bits per heavy atom. The first kappa shape index (κ1) is 27.6. The normalized spacial score (nSPS) is 19.5. The molecule has 2 aromatic heterocycles. The van der Waals surface area contributed by atoms with E-state index in [1.54, 1.807) is 24.5 Å². The maximum absolute atomic E-state index is 13.0. The summed E-state index contributed by atoms with van der Waals surface area (Å²) in [6.07, 6.45) is 11.5. The number of aryl methyl sites for hydroxylation is 1.